The summed E-state index contributed by atoms with van der Waals surface area (Å²) in [5.41, 5.74) is 3.28. The highest BCUT2D eigenvalue weighted by molar-refractivity contribution is 9.10. The maximum atomic E-state index is 13.0. The molecule has 3 heterocycles. The van der Waals surface area contributed by atoms with Crippen molar-refractivity contribution in [3.05, 3.63) is 46.1 Å². The number of nitrogens with zero attached hydrogens (tertiary/aromatic N) is 5. The molecule has 0 saturated carbocycles. The number of hydrogen-bond acceptors (Lipinski definition) is 5. The van der Waals surface area contributed by atoms with Crippen LogP contribution in [0.1, 0.15) is 21.7 Å². The lowest BCUT2D eigenvalue weighted by molar-refractivity contribution is 0.102. The second-order valence-corrected chi connectivity index (χ2v) is 7.13. The Bertz CT molecular complexity index is 1210. The van der Waals surface area contributed by atoms with Gasteiger partial charge in [-0.1, -0.05) is 0 Å². The molecule has 9 heteroatoms. The predicted octanol–water partition coefficient (Wildman–Crippen LogP) is 3.26. The number of aryl methyl sites for hydroxylation is 3. The van der Waals surface area contributed by atoms with Crippen LogP contribution in [0.3, 0.4) is 0 Å². The van der Waals surface area contributed by atoms with Crippen molar-refractivity contribution < 1.29 is 9.53 Å². The molecule has 0 aliphatic carbocycles. The number of benzene rings is 1. The molecule has 0 bridgehead atoms. The molecule has 0 unspecified atom stereocenters. The van der Waals surface area contributed by atoms with Crippen molar-refractivity contribution in [2.75, 3.05) is 12.4 Å². The van der Waals surface area contributed by atoms with Crippen molar-refractivity contribution in [2.45, 2.75) is 13.8 Å². The van der Waals surface area contributed by atoms with Crippen molar-refractivity contribution in [1.29, 1.82) is 0 Å². The third-order valence-electron chi connectivity index (χ3n) is 4.24. The Morgan fingerprint density at radius 3 is 2.74 bits per heavy atom. The van der Waals surface area contributed by atoms with Crippen LogP contribution in [0.15, 0.2) is 29.1 Å². The fraction of sp³-hybridized carbons (Fsp3) is 0.222. The normalized spacial score (nSPS) is 11.3. The van der Waals surface area contributed by atoms with Crippen LogP contribution >= 0.6 is 15.9 Å². The molecule has 0 fully saturated rings. The summed E-state index contributed by atoms with van der Waals surface area (Å²) in [5.74, 6) is 0.529. The average Bonchev–Trinajstić information content (AvgIpc) is 3.17. The largest absolute Gasteiger partial charge is 0.496 e. The van der Waals surface area contributed by atoms with Gasteiger partial charge in [-0.25, -0.2) is 4.98 Å². The molecular weight excluding hydrogens is 412 g/mol. The van der Waals surface area contributed by atoms with Crippen LogP contribution in [0.4, 0.5) is 5.82 Å². The number of carbonyl (C=O) groups is 1. The minimum absolute atomic E-state index is 0.339. The monoisotopic (exact) mass is 428 g/mol. The summed E-state index contributed by atoms with van der Waals surface area (Å²) < 4.78 is 9.74. The maximum Gasteiger partial charge on any atom is 0.262 e. The number of imidazole rings is 1. The molecule has 0 aliphatic rings. The first kappa shape index (κ1) is 17.5. The summed E-state index contributed by atoms with van der Waals surface area (Å²) >= 11 is 3.50. The highest BCUT2D eigenvalue weighted by Crippen LogP contribution is 2.34. The van der Waals surface area contributed by atoms with Crippen molar-refractivity contribution >= 4 is 44.2 Å². The fourth-order valence-corrected chi connectivity index (χ4v) is 3.65. The number of fused-ring (bicyclic) bond motifs is 2. The van der Waals surface area contributed by atoms with Crippen LogP contribution in [-0.2, 0) is 7.05 Å². The number of hydrogen-bond donors (Lipinski definition) is 1. The number of amides is 1. The third-order valence-corrected chi connectivity index (χ3v) is 4.90. The zero-order valence-corrected chi connectivity index (χ0v) is 16.8. The van der Waals surface area contributed by atoms with Crippen LogP contribution in [0.2, 0.25) is 0 Å². The molecule has 0 atom stereocenters. The van der Waals surface area contributed by atoms with Gasteiger partial charge in [-0.2, -0.15) is 5.10 Å². The van der Waals surface area contributed by atoms with E-state index in [0.717, 1.165) is 21.2 Å². The maximum absolute atomic E-state index is 13.0. The number of anilines is 1. The number of methoxy groups -OCH3 is 1. The van der Waals surface area contributed by atoms with Crippen molar-refractivity contribution in [3.63, 3.8) is 0 Å². The smallest absolute Gasteiger partial charge is 0.262 e. The van der Waals surface area contributed by atoms with Gasteiger partial charge >= 0.3 is 0 Å². The Balaban J connectivity index is 1.79. The zero-order valence-electron chi connectivity index (χ0n) is 15.2. The molecule has 0 spiro atoms. The molecular formula is C18H17BrN6O2. The third kappa shape index (κ3) is 2.93. The topological polar surface area (TPSA) is 86.3 Å². The molecule has 0 radical (unpaired) electrons. The van der Waals surface area contributed by atoms with Gasteiger partial charge in [-0.15, -0.1) is 0 Å². The van der Waals surface area contributed by atoms with Gasteiger partial charge in [0, 0.05) is 29.3 Å². The summed E-state index contributed by atoms with van der Waals surface area (Å²) in [6, 6.07) is 1.76. The fourth-order valence-electron chi connectivity index (χ4n) is 3.15. The van der Waals surface area contributed by atoms with Gasteiger partial charge in [-0.05, 0) is 35.8 Å². The number of nitrogens with one attached hydrogen (secondary N) is 1. The summed E-state index contributed by atoms with van der Waals surface area (Å²) in [6.45, 7) is 3.80. The zero-order chi connectivity index (χ0) is 19.3. The van der Waals surface area contributed by atoms with Crippen LogP contribution in [0.5, 0.6) is 5.75 Å². The second-order valence-electron chi connectivity index (χ2n) is 6.28. The molecule has 0 saturated heterocycles. The summed E-state index contributed by atoms with van der Waals surface area (Å²) in [6.07, 6.45) is 5.47. The van der Waals surface area contributed by atoms with E-state index in [9.17, 15) is 4.79 Å². The van der Waals surface area contributed by atoms with Crippen LogP contribution in [-0.4, -0.2) is 37.2 Å². The van der Waals surface area contributed by atoms with Gasteiger partial charge in [0.2, 0.25) is 0 Å². The minimum atomic E-state index is -0.339. The number of ether oxygens (including phenoxy) is 1. The van der Waals surface area contributed by atoms with Gasteiger partial charge in [-0.3, -0.25) is 14.5 Å². The highest BCUT2D eigenvalue weighted by atomic mass is 79.9. The van der Waals surface area contributed by atoms with E-state index in [1.165, 1.54) is 7.11 Å². The Morgan fingerprint density at radius 1 is 1.22 bits per heavy atom. The van der Waals surface area contributed by atoms with Gasteiger partial charge in [0.15, 0.2) is 11.5 Å². The molecule has 4 rings (SSSR count). The molecule has 4 aromatic rings. The number of aromatic nitrogens is 5. The quantitative estimate of drug-likeness (QED) is 0.541. The summed E-state index contributed by atoms with van der Waals surface area (Å²) in [5, 5.41) is 8.10. The highest BCUT2D eigenvalue weighted by Gasteiger charge is 2.22. The summed E-state index contributed by atoms with van der Waals surface area (Å²) in [7, 11) is 3.33. The lowest BCUT2D eigenvalue weighted by Gasteiger charge is -2.09. The standard InChI is InChI=1S/C18H17BrN6O2/c1-9-6-25-8-14(21-17(25)10(2)20-9)22-18(26)15-13(27-4)5-12(19)11-7-24(3)23-16(11)15/h5-8H,1-4H3,(H,22,26). The van der Waals surface area contributed by atoms with Crippen LogP contribution < -0.4 is 10.1 Å². The first-order valence-electron chi connectivity index (χ1n) is 8.21. The Morgan fingerprint density at radius 2 is 2.00 bits per heavy atom. The lowest BCUT2D eigenvalue weighted by atomic mass is 10.1. The predicted molar refractivity (Wildman–Crippen MR) is 105 cm³/mol. The molecule has 8 nitrogen and oxygen atoms in total. The van der Waals surface area contributed by atoms with E-state index >= 15 is 0 Å². The first-order valence-corrected chi connectivity index (χ1v) is 9.01. The molecule has 1 amide bonds. The number of halogens is 1. The van der Waals surface area contributed by atoms with Gasteiger partial charge in [0.25, 0.3) is 5.91 Å². The van der Waals surface area contributed by atoms with E-state index < -0.39 is 0 Å². The van der Waals surface area contributed by atoms with Gasteiger partial charge in [0.1, 0.15) is 16.8 Å². The van der Waals surface area contributed by atoms with E-state index in [4.69, 9.17) is 4.74 Å². The van der Waals surface area contributed by atoms with Crippen molar-refractivity contribution in [1.82, 2.24) is 24.1 Å². The Hall–Kier alpha value is -2.94. The average molecular weight is 429 g/mol. The lowest BCUT2D eigenvalue weighted by Crippen LogP contribution is -2.14. The molecule has 3 aromatic heterocycles. The van der Waals surface area contributed by atoms with Crippen molar-refractivity contribution in [2.24, 2.45) is 7.05 Å². The first-order chi connectivity index (χ1) is 12.9. The number of rotatable bonds is 3. The Labute approximate surface area is 163 Å². The van der Waals surface area contributed by atoms with Crippen LogP contribution in [0, 0.1) is 13.8 Å². The molecule has 27 heavy (non-hydrogen) atoms. The molecule has 138 valence electrons. The molecule has 1 aromatic carbocycles. The summed E-state index contributed by atoms with van der Waals surface area (Å²) in [4.78, 5) is 21.9. The number of carbonyl (C=O) groups excluding carboxylic acids is 1. The van der Waals surface area contributed by atoms with Crippen LogP contribution in [0.25, 0.3) is 16.6 Å². The SMILES string of the molecule is COc1cc(Br)c2cn(C)nc2c1C(=O)Nc1cn2cc(C)nc(C)c2n1. The second kappa shape index (κ2) is 6.34. The molecule has 0 aliphatic heterocycles. The van der Waals surface area contributed by atoms with Crippen molar-refractivity contribution in [3.8, 4) is 5.75 Å². The Kier molecular flexibility index (Phi) is 4.11. The van der Waals surface area contributed by atoms with Gasteiger partial charge < -0.3 is 14.5 Å². The van der Waals surface area contributed by atoms with E-state index in [2.05, 4.69) is 36.3 Å². The van der Waals surface area contributed by atoms with E-state index in [0.29, 0.717) is 28.3 Å². The molecule has 1 N–H and O–H groups in total. The van der Waals surface area contributed by atoms with E-state index in [1.54, 1.807) is 24.0 Å². The van der Waals surface area contributed by atoms with E-state index in [1.807, 2.05) is 30.6 Å². The van der Waals surface area contributed by atoms with Gasteiger partial charge in [0.05, 0.1) is 24.7 Å². The minimum Gasteiger partial charge on any atom is -0.496 e. The van der Waals surface area contributed by atoms with E-state index in [-0.39, 0.29) is 5.91 Å².